The van der Waals surface area contributed by atoms with E-state index in [2.05, 4.69) is 5.10 Å². The second-order valence-corrected chi connectivity index (χ2v) is 7.20. The lowest BCUT2D eigenvalue weighted by Crippen LogP contribution is -2.33. The molecule has 0 radical (unpaired) electrons. The quantitative estimate of drug-likeness (QED) is 0.484. The van der Waals surface area contributed by atoms with Crippen molar-refractivity contribution in [2.45, 2.75) is 20.3 Å². The highest BCUT2D eigenvalue weighted by Crippen LogP contribution is 2.27. The van der Waals surface area contributed by atoms with Crippen molar-refractivity contribution in [3.8, 4) is 5.69 Å². The molecule has 152 valence electrons. The van der Waals surface area contributed by atoms with Crippen LogP contribution in [0.5, 0.6) is 0 Å². The van der Waals surface area contributed by atoms with Gasteiger partial charge in [-0.1, -0.05) is 36.4 Å². The van der Waals surface area contributed by atoms with E-state index in [1.807, 2.05) is 73.1 Å². The Bertz CT molecular complexity index is 1120. The van der Waals surface area contributed by atoms with Gasteiger partial charge in [0.1, 0.15) is 0 Å². The van der Waals surface area contributed by atoms with Crippen LogP contribution in [-0.2, 0) is 20.7 Å². The molecule has 0 bridgehead atoms. The first-order chi connectivity index (χ1) is 14.5. The van der Waals surface area contributed by atoms with E-state index in [0.29, 0.717) is 6.54 Å². The summed E-state index contributed by atoms with van der Waals surface area (Å²) in [5, 5.41) is 4.56. The Morgan fingerprint density at radius 2 is 1.80 bits per heavy atom. The van der Waals surface area contributed by atoms with Gasteiger partial charge in [0.05, 0.1) is 11.4 Å². The molecular formula is C24H23N3O3. The molecule has 0 spiro atoms. The van der Waals surface area contributed by atoms with Gasteiger partial charge in [0.2, 0.25) is 0 Å². The number of benzene rings is 2. The molecule has 0 aliphatic carbocycles. The summed E-state index contributed by atoms with van der Waals surface area (Å²) in [7, 11) is 0. The van der Waals surface area contributed by atoms with E-state index in [-0.39, 0.29) is 12.5 Å². The average Bonchev–Trinajstić information content (AvgIpc) is 3.32. The van der Waals surface area contributed by atoms with E-state index >= 15 is 0 Å². The molecule has 6 heteroatoms. The Kier molecular flexibility index (Phi) is 5.48. The molecule has 6 nitrogen and oxygen atoms in total. The highest BCUT2D eigenvalue weighted by Gasteiger charge is 2.24. The third kappa shape index (κ3) is 3.89. The molecule has 1 amide bonds. The molecule has 3 aromatic rings. The smallest absolute Gasteiger partial charge is 0.331 e. The summed E-state index contributed by atoms with van der Waals surface area (Å²) in [5.74, 6) is -0.770. The van der Waals surface area contributed by atoms with E-state index in [4.69, 9.17) is 4.74 Å². The largest absolute Gasteiger partial charge is 0.452 e. The van der Waals surface area contributed by atoms with Gasteiger partial charge in [0.25, 0.3) is 5.91 Å². The van der Waals surface area contributed by atoms with Crippen molar-refractivity contribution in [3.05, 3.63) is 83.2 Å². The van der Waals surface area contributed by atoms with Crippen LogP contribution in [0.4, 0.5) is 5.69 Å². The van der Waals surface area contributed by atoms with Crippen LogP contribution in [0.15, 0.2) is 60.7 Å². The predicted molar refractivity (Wildman–Crippen MR) is 116 cm³/mol. The van der Waals surface area contributed by atoms with Gasteiger partial charge in [0, 0.05) is 29.6 Å². The molecule has 0 unspecified atom stereocenters. The number of carbonyl (C=O) groups excluding carboxylic acids is 2. The first kappa shape index (κ1) is 19.6. The van der Waals surface area contributed by atoms with Gasteiger partial charge in [-0.05, 0) is 50.1 Å². The number of hydrogen-bond acceptors (Lipinski definition) is 4. The molecular weight excluding hydrogens is 378 g/mol. The molecule has 30 heavy (non-hydrogen) atoms. The maximum Gasteiger partial charge on any atom is 0.331 e. The highest BCUT2D eigenvalue weighted by molar-refractivity contribution is 5.98. The van der Waals surface area contributed by atoms with Crippen molar-refractivity contribution in [2.75, 3.05) is 18.1 Å². The van der Waals surface area contributed by atoms with Crippen molar-refractivity contribution in [2.24, 2.45) is 0 Å². The Hall–Kier alpha value is -3.67. The number of nitrogens with zero attached hydrogens (tertiary/aromatic N) is 3. The Balaban J connectivity index is 1.39. The van der Waals surface area contributed by atoms with Crippen molar-refractivity contribution in [1.82, 2.24) is 9.78 Å². The Labute approximate surface area is 175 Å². The summed E-state index contributed by atoms with van der Waals surface area (Å²) in [4.78, 5) is 26.3. The van der Waals surface area contributed by atoms with Crippen LogP contribution in [0.2, 0.25) is 0 Å². The van der Waals surface area contributed by atoms with Gasteiger partial charge < -0.3 is 9.64 Å². The molecule has 2 heterocycles. The number of hydrogen-bond donors (Lipinski definition) is 0. The summed E-state index contributed by atoms with van der Waals surface area (Å²) in [6.07, 6.45) is 3.85. The normalized spacial score (nSPS) is 12.9. The lowest BCUT2D eigenvalue weighted by atomic mass is 10.2. The van der Waals surface area contributed by atoms with Crippen molar-refractivity contribution >= 4 is 23.6 Å². The van der Waals surface area contributed by atoms with E-state index in [1.165, 1.54) is 6.08 Å². The molecule has 2 aromatic carbocycles. The van der Waals surface area contributed by atoms with Crippen LogP contribution in [0.3, 0.4) is 0 Å². The maximum atomic E-state index is 12.5. The van der Waals surface area contributed by atoms with Gasteiger partial charge in [-0.15, -0.1) is 0 Å². The SMILES string of the molecule is Cc1nn(-c2ccccc2)c(C)c1/C=C/C(=O)OCC(=O)N1CCc2ccccc21. The fraction of sp³-hybridized carbons (Fsp3) is 0.208. The summed E-state index contributed by atoms with van der Waals surface area (Å²) in [6.45, 7) is 4.18. The molecule has 1 aliphatic heterocycles. The number of anilines is 1. The van der Waals surface area contributed by atoms with Crippen LogP contribution >= 0.6 is 0 Å². The van der Waals surface area contributed by atoms with Crippen LogP contribution in [0.1, 0.15) is 22.5 Å². The lowest BCUT2D eigenvalue weighted by Gasteiger charge is -2.16. The topological polar surface area (TPSA) is 64.4 Å². The van der Waals surface area contributed by atoms with Gasteiger partial charge in [-0.25, -0.2) is 9.48 Å². The van der Waals surface area contributed by atoms with Gasteiger partial charge >= 0.3 is 5.97 Å². The summed E-state index contributed by atoms with van der Waals surface area (Å²) >= 11 is 0. The molecule has 0 saturated heterocycles. The molecule has 4 rings (SSSR count). The number of rotatable bonds is 5. The number of fused-ring (bicyclic) bond motifs is 1. The zero-order chi connectivity index (χ0) is 21.1. The molecule has 1 aliphatic rings. The van der Waals surface area contributed by atoms with Crippen molar-refractivity contribution < 1.29 is 14.3 Å². The van der Waals surface area contributed by atoms with Gasteiger partial charge in [-0.2, -0.15) is 5.10 Å². The molecule has 0 fully saturated rings. The number of ether oxygens (including phenoxy) is 1. The number of esters is 1. The number of amides is 1. The Morgan fingerprint density at radius 1 is 1.07 bits per heavy atom. The van der Waals surface area contributed by atoms with Gasteiger partial charge in [-0.3, -0.25) is 4.79 Å². The molecule has 0 N–H and O–H groups in total. The molecule has 0 atom stereocenters. The van der Waals surface area contributed by atoms with E-state index in [0.717, 1.165) is 40.3 Å². The van der Waals surface area contributed by atoms with Crippen LogP contribution < -0.4 is 4.90 Å². The summed E-state index contributed by atoms with van der Waals surface area (Å²) < 4.78 is 7.02. The minimum atomic E-state index is -0.554. The maximum absolute atomic E-state index is 12.5. The highest BCUT2D eigenvalue weighted by atomic mass is 16.5. The van der Waals surface area contributed by atoms with Crippen molar-refractivity contribution in [1.29, 1.82) is 0 Å². The fourth-order valence-corrected chi connectivity index (χ4v) is 3.72. The van der Waals surface area contributed by atoms with E-state index in [1.54, 1.807) is 11.0 Å². The van der Waals surface area contributed by atoms with Crippen LogP contribution in [0, 0.1) is 13.8 Å². The average molecular weight is 401 g/mol. The summed E-state index contributed by atoms with van der Waals surface area (Å²) in [6, 6.07) is 17.6. The minimum absolute atomic E-state index is 0.217. The third-order valence-corrected chi connectivity index (χ3v) is 5.26. The second kappa shape index (κ2) is 8.37. The first-order valence-corrected chi connectivity index (χ1v) is 9.89. The van der Waals surface area contributed by atoms with Crippen molar-refractivity contribution in [3.63, 3.8) is 0 Å². The summed E-state index contributed by atoms with van der Waals surface area (Å²) in [5.41, 5.74) is 5.58. The molecule has 1 aromatic heterocycles. The van der Waals surface area contributed by atoms with Crippen LogP contribution in [0.25, 0.3) is 11.8 Å². The third-order valence-electron chi connectivity index (χ3n) is 5.26. The standard InChI is InChI=1S/C24H23N3O3/c1-17-21(18(2)27(25-17)20-9-4-3-5-10-20)12-13-24(29)30-16-23(28)26-15-14-19-8-6-7-11-22(19)26/h3-13H,14-16H2,1-2H3/b13-12+. The fourth-order valence-electron chi connectivity index (χ4n) is 3.72. The predicted octanol–water partition coefficient (Wildman–Crippen LogP) is 3.63. The number of para-hydroxylation sites is 2. The minimum Gasteiger partial charge on any atom is -0.452 e. The lowest BCUT2D eigenvalue weighted by molar-refractivity contribution is -0.142. The Morgan fingerprint density at radius 3 is 2.60 bits per heavy atom. The second-order valence-electron chi connectivity index (χ2n) is 7.20. The zero-order valence-electron chi connectivity index (χ0n) is 17.0. The number of aromatic nitrogens is 2. The number of aryl methyl sites for hydroxylation is 1. The van der Waals surface area contributed by atoms with E-state index in [9.17, 15) is 9.59 Å². The number of carbonyl (C=O) groups is 2. The molecule has 0 saturated carbocycles. The van der Waals surface area contributed by atoms with Crippen LogP contribution in [-0.4, -0.2) is 34.8 Å². The van der Waals surface area contributed by atoms with E-state index < -0.39 is 5.97 Å². The zero-order valence-corrected chi connectivity index (χ0v) is 17.0. The van der Waals surface area contributed by atoms with Gasteiger partial charge in [0.15, 0.2) is 6.61 Å². The monoisotopic (exact) mass is 401 g/mol. The first-order valence-electron chi connectivity index (χ1n) is 9.89.